The Bertz CT molecular complexity index is 894. The van der Waals surface area contributed by atoms with Crippen molar-refractivity contribution in [3.63, 3.8) is 0 Å². The number of pyridine rings is 1. The first-order valence-electron chi connectivity index (χ1n) is 6.79. The van der Waals surface area contributed by atoms with Gasteiger partial charge in [-0.1, -0.05) is 11.3 Å². The summed E-state index contributed by atoms with van der Waals surface area (Å²) in [6, 6.07) is 9.60. The molecule has 0 aromatic carbocycles. The summed E-state index contributed by atoms with van der Waals surface area (Å²) in [5, 5.41) is 6.51. The molecule has 6 heteroatoms. The summed E-state index contributed by atoms with van der Waals surface area (Å²) in [4.78, 5) is 8.77. The molecular formula is C16H12N4OS. The lowest BCUT2D eigenvalue weighted by molar-refractivity contribution is 0.579. The third-order valence-electron chi connectivity index (χ3n) is 3.25. The summed E-state index contributed by atoms with van der Waals surface area (Å²) < 4.78 is 7.22. The lowest BCUT2D eigenvalue weighted by Crippen LogP contribution is -1.94. The molecule has 0 radical (unpaired) electrons. The van der Waals surface area contributed by atoms with E-state index in [9.17, 15) is 0 Å². The Morgan fingerprint density at radius 1 is 1.18 bits per heavy atom. The fraction of sp³-hybridized carbons (Fsp3) is 0.0625. The van der Waals surface area contributed by atoms with Crippen LogP contribution in [0.4, 0.5) is 0 Å². The molecule has 4 heterocycles. The Kier molecular flexibility index (Phi) is 3.08. The molecule has 0 atom stereocenters. The molecule has 108 valence electrons. The standard InChI is InChI=1S/C16H12N4OS/c1-11-16(22-15(18-11)12-4-2-7-17-10-12)20-8-6-13(19-20)14-5-3-9-21-14/h2-10H,1H3. The van der Waals surface area contributed by atoms with Gasteiger partial charge in [0.05, 0.1) is 12.0 Å². The van der Waals surface area contributed by atoms with Crippen LogP contribution in [-0.2, 0) is 0 Å². The highest BCUT2D eigenvalue weighted by Gasteiger charge is 2.13. The van der Waals surface area contributed by atoms with Gasteiger partial charge in [0, 0.05) is 24.2 Å². The minimum Gasteiger partial charge on any atom is -0.463 e. The van der Waals surface area contributed by atoms with Crippen molar-refractivity contribution in [1.29, 1.82) is 0 Å². The number of aromatic nitrogens is 4. The maximum absolute atomic E-state index is 5.38. The average molecular weight is 308 g/mol. The van der Waals surface area contributed by atoms with E-state index in [-0.39, 0.29) is 0 Å². The molecule has 0 bridgehead atoms. The second kappa shape index (κ2) is 5.23. The molecule has 4 aromatic rings. The maximum atomic E-state index is 5.38. The molecule has 0 N–H and O–H groups in total. The highest BCUT2D eigenvalue weighted by atomic mass is 32.1. The number of hydrogen-bond donors (Lipinski definition) is 0. The monoisotopic (exact) mass is 308 g/mol. The molecule has 0 spiro atoms. The van der Waals surface area contributed by atoms with Crippen LogP contribution in [0.5, 0.6) is 0 Å². The van der Waals surface area contributed by atoms with E-state index in [1.807, 2.05) is 54.3 Å². The highest BCUT2D eigenvalue weighted by Crippen LogP contribution is 2.30. The number of aryl methyl sites for hydroxylation is 1. The van der Waals surface area contributed by atoms with E-state index in [4.69, 9.17) is 4.42 Å². The molecule has 0 aliphatic heterocycles. The molecule has 4 rings (SSSR count). The van der Waals surface area contributed by atoms with E-state index >= 15 is 0 Å². The summed E-state index contributed by atoms with van der Waals surface area (Å²) in [5.41, 5.74) is 2.76. The van der Waals surface area contributed by atoms with Crippen LogP contribution < -0.4 is 0 Å². The second-order valence-corrected chi connectivity index (χ2v) is 5.75. The van der Waals surface area contributed by atoms with E-state index in [1.165, 1.54) is 0 Å². The van der Waals surface area contributed by atoms with Crippen molar-refractivity contribution >= 4 is 11.3 Å². The smallest absolute Gasteiger partial charge is 0.154 e. The third kappa shape index (κ3) is 2.23. The summed E-state index contributed by atoms with van der Waals surface area (Å²) in [5.74, 6) is 0.758. The van der Waals surface area contributed by atoms with Crippen molar-refractivity contribution in [2.75, 3.05) is 0 Å². The Morgan fingerprint density at radius 3 is 2.91 bits per heavy atom. The fourth-order valence-electron chi connectivity index (χ4n) is 2.21. The molecule has 0 unspecified atom stereocenters. The predicted molar refractivity (Wildman–Crippen MR) is 84.9 cm³/mol. The number of hydrogen-bond acceptors (Lipinski definition) is 5. The average Bonchev–Trinajstić information content (AvgIpc) is 3.28. The van der Waals surface area contributed by atoms with Crippen molar-refractivity contribution < 1.29 is 4.42 Å². The van der Waals surface area contributed by atoms with Crippen LogP contribution in [-0.4, -0.2) is 19.7 Å². The summed E-state index contributed by atoms with van der Waals surface area (Å²) in [7, 11) is 0. The molecule has 5 nitrogen and oxygen atoms in total. The zero-order valence-corrected chi connectivity index (χ0v) is 12.6. The molecular weight excluding hydrogens is 296 g/mol. The van der Waals surface area contributed by atoms with Gasteiger partial charge in [-0.3, -0.25) is 4.98 Å². The van der Waals surface area contributed by atoms with Gasteiger partial charge in [0.1, 0.15) is 15.7 Å². The lowest BCUT2D eigenvalue weighted by atomic mass is 10.3. The number of thiazole rings is 1. The fourth-order valence-corrected chi connectivity index (χ4v) is 3.20. The van der Waals surface area contributed by atoms with E-state index < -0.39 is 0 Å². The SMILES string of the molecule is Cc1nc(-c2cccnc2)sc1-n1ccc(-c2ccco2)n1. The van der Waals surface area contributed by atoms with Crippen molar-refractivity contribution in [3.8, 4) is 27.0 Å². The van der Waals surface area contributed by atoms with E-state index in [2.05, 4.69) is 15.1 Å². The lowest BCUT2D eigenvalue weighted by Gasteiger charge is -1.96. The molecule has 0 saturated heterocycles. The Balaban J connectivity index is 1.73. The van der Waals surface area contributed by atoms with E-state index in [1.54, 1.807) is 23.8 Å². The first-order valence-corrected chi connectivity index (χ1v) is 7.60. The second-order valence-electron chi connectivity index (χ2n) is 4.77. The van der Waals surface area contributed by atoms with Crippen molar-refractivity contribution in [2.45, 2.75) is 6.92 Å². The van der Waals surface area contributed by atoms with Gasteiger partial charge in [0.2, 0.25) is 0 Å². The highest BCUT2D eigenvalue weighted by molar-refractivity contribution is 7.17. The summed E-state index contributed by atoms with van der Waals surface area (Å²) in [6.45, 7) is 1.99. The van der Waals surface area contributed by atoms with Crippen LogP contribution in [0.3, 0.4) is 0 Å². The van der Waals surface area contributed by atoms with Crippen molar-refractivity contribution in [3.05, 3.63) is 60.9 Å². The van der Waals surface area contributed by atoms with Crippen LogP contribution in [0.1, 0.15) is 5.69 Å². The molecule has 0 fully saturated rings. The third-order valence-corrected chi connectivity index (χ3v) is 4.45. The van der Waals surface area contributed by atoms with Gasteiger partial charge >= 0.3 is 0 Å². The topological polar surface area (TPSA) is 56.7 Å². The molecule has 0 saturated carbocycles. The van der Waals surface area contributed by atoms with E-state index in [0.717, 1.165) is 32.7 Å². The van der Waals surface area contributed by atoms with Gasteiger partial charge < -0.3 is 4.42 Å². The van der Waals surface area contributed by atoms with Crippen LogP contribution in [0.2, 0.25) is 0 Å². The van der Waals surface area contributed by atoms with Crippen molar-refractivity contribution in [1.82, 2.24) is 19.7 Å². The van der Waals surface area contributed by atoms with Gasteiger partial charge in [0.15, 0.2) is 5.76 Å². The van der Waals surface area contributed by atoms with Crippen LogP contribution in [0.25, 0.3) is 27.0 Å². The summed E-state index contributed by atoms with van der Waals surface area (Å²) in [6.07, 6.45) is 7.14. The minimum absolute atomic E-state index is 0.758. The van der Waals surface area contributed by atoms with Gasteiger partial charge in [0.25, 0.3) is 0 Å². The van der Waals surface area contributed by atoms with Crippen LogP contribution in [0.15, 0.2) is 59.6 Å². The zero-order chi connectivity index (χ0) is 14.9. The quantitative estimate of drug-likeness (QED) is 0.575. The van der Waals surface area contributed by atoms with Gasteiger partial charge in [-0.05, 0) is 37.3 Å². The van der Waals surface area contributed by atoms with Crippen molar-refractivity contribution in [2.24, 2.45) is 0 Å². The van der Waals surface area contributed by atoms with Gasteiger partial charge in [-0.2, -0.15) is 5.10 Å². The largest absolute Gasteiger partial charge is 0.463 e. The molecule has 0 aliphatic rings. The normalized spacial score (nSPS) is 11.0. The Hall–Kier alpha value is -2.73. The Morgan fingerprint density at radius 2 is 2.14 bits per heavy atom. The van der Waals surface area contributed by atoms with Gasteiger partial charge in [-0.15, -0.1) is 0 Å². The zero-order valence-electron chi connectivity index (χ0n) is 11.8. The van der Waals surface area contributed by atoms with E-state index in [0.29, 0.717) is 0 Å². The first kappa shape index (κ1) is 13.0. The number of rotatable bonds is 3. The predicted octanol–water partition coefficient (Wildman–Crippen LogP) is 3.96. The maximum Gasteiger partial charge on any atom is 0.154 e. The van der Waals surface area contributed by atoms with Crippen LogP contribution >= 0.6 is 11.3 Å². The molecule has 0 amide bonds. The number of furan rings is 1. The minimum atomic E-state index is 0.758. The summed E-state index contributed by atoms with van der Waals surface area (Å²) >= 11 is 1.60. The molecule has 4 aromatic heterocycles. The first-order chi connectivity index (χ1) is 10.8. The van der Waals surface area contributed by atoms with Gasteiger partial charge in [-0.25, -0.2) is 9.67 Å². The number of nitrogens with zero attached hydrogens (tertiary/aromatic N) is 4. The molecule has 22 heavy (non-hydrogen) atoms. The Labute approximate surface area is 130 Å². The van der Waals surface area contributed by atoms with Crippen LogP contribution in [0, 0.1) is 6.92 Å². The molecule has 0 aliphatic carbocycles.